The minimum atomic E-state index is -0.781. The van der Waals surface area contributed by atoms with Gasteiger partial charge in [-0.15, -0.1) is 0 Å². The number of ether oxygens (including phenoxy) is 1. The molecule has 1 saturated heterocycles. The summed E-state index contributed by atoms with van der Waals surface area (Å²) in [5.41, 5.74) is 1.10. The van der Waals surface area contributed by atoms with Gasteiger partial charge in [0.05, 0.1) is 25.8 Å². The lowest BCUT2D eigenvalue weighted by Crippen LogP contribution is -2.45. The van der Waals surface area contributed by atoms with Gasteiger partial charge >= 0.3 is 5.97 Å². The second-order valence-corrected chi connectivity index (χ2v) is 4.32. The van der Waals surface area contributed by atoms with E-state index in [1.165, 1.54) is 0 Å². The first-order valence-corrected chi connectivity index (χ1v) is 5.66. The Hall–Kier alpha value is -1.40. The first-order valence-electron chi connectivity index (χ1n) is 5.66. The number of aromatic nitrogens is 2. The number of carboxylic acid groups (broad SMARTS) is 1. The number of aliphatic carboxylic acids is 1. The molecule has 0 amide bonds. The topological polar surface area (TPSA) is 67.6 Å². The highest BCUT2D eigenvalue weighted by Crippen LogP contribution is 2.14. The van der Waals surface area contributed by atoms with Crippen molar-refractivity contribution in [3.63, 3.8) is 0 Å². The molecule has 0 spiro atoms. The number of aryl methyl sites for hydroxylation is 1. The van der Waals surface area contributed by atoms with Gasteiger partial charge < -0.3 is 9.84 Å². The molecular formula is C11H17N3O3. The van der Waals surface area contributed by atoms with Gasteiger partial charge in [0, 0.05) is 37.9 Å². The molecule has 1 N–H and O–H groups in total. The van der Waals surface area contributed by atoms with E-state index >= 15 is 0 Å². The Morgan fingerprint density at radius 1 is 1.71 bits per heavy atom. The fourth-order valence-electron chi connectivity index (χ4n) is 2.07. The normalized spacial score (nSPS) is 21.6. The van der Waals surface area contributed by atoms with Crippen LogP contribution in [0.15, 0.2) is 12.4 Å². The molecule has 0 saturated carbocycles. The van der Waals surface area contributed by atoms with E-state index in [1.807, 2.05) is 19.4 Å². The van der Waals surface area contributed by atoms with Crippen LogP contribution in [0, 0.1) is 0 Å². The van der Waals surface area contributed by atoms with Crippen LogP contribution in [0.5, 0.6) is 0 Å². The highest BCUT2D eigenvalue weighted by Gasteiger charge is 2.25. The van der Waals surface area contributed by atoms with E-state index < -0.39 is 5.97 Å². The molecule has 1 atom stereocenters. The SMILES string of the molecule is Cn1cc(CN2CCOCC2CC(=O)O)cn1. The van der Waals surface area contributed by atoms with Crippen LogP contribution in [0.1, 0.15) is 12.0 Å². The van der Waals surface area contributed by atoms with Gasteiger partial charge in [-0.05, 0) is 0 Å². The first-order chi connectivity index (χ1) is 8.15. The Bertz CT molecular complexity index is 391. The van der Waals surface area contributed by atoms with Crippen molar-refractivity contribution in [1.82, 2.24) is 14.7 Å². The summed E-state index contributed by atoms with van der Waals surface area (Å²) in [6.07, 6.45) is 3.89. The third kappa shape index (κ3) is 3.28. The monoisotopic (exact) mass is 239 g/mol. The molecule has 1 fully saturated rings. The number of hydrogen-bond donors (Lipinski definition) is 1. The van der Waals surface area contributed by atoms with E-state index in [0.717, 1.165) is 18.7 Å². The number of carboxylic acids is 1. The lowest BCUT2D eigenvalue weighted by molar-refractivity contribution is -0.140. The van der Waals surface area contributed by atoms with Crippen LogP contribution < -0.4 is 0 Å². The number of morpholine rings is 1. The molecule has 1 aliphatic rings. The second-order valence-electron chi connectivity index (χ2n) is 4.32. The molecule has 0 aromatic carbocycles. The molecule has 0 radical (unpaired) electrons. The van der Waals surface area contributed by atoms with Gasteiger partial charge in [-0.1, -0.05) is 0 Å². The van der Waals surface area contributed by atoms with Crippen LogP contribution in [0.2, 0.25) is 0 Å². The van der Waals surface area contributed by atoms with Crippen molar-refractivity contribution in [3.05, 3.63) is 18.0 Å². The lowest BCUT2D eigenvalue weighted by atomic mass is 10.1. The fraction of sp³-hybridized carbons (Fsp3) is 0.636. The average Bonchev–Trinajstić information content (AvgIpc) is 2.66. The quantitative estimate of drug-likeness (QED) is 0.807. The zero-order valence-electron chi connectivity index (χ0n) is 9.87. The van der Waals surface area contributed by atoms with Crippen LogP contribution in [-0.2, 0) is 23.1 Å². The van der Waals surface area contributed by atoms with Crippen molar-refractivity contribution in [3.8, 4) is 0 Å². The fourth-order valence-corrected chi connectivity index (χ4v) is 2.07. The maximum Gasteiger partial charge on any atom is 0.305 e. The number of carbonyl (C=O) groups is 1. The summed E-state index contributed by atoms with van der Waals surface area (Å²) in [7, 11) is 1.87. The largest absolute Gasteiger partial charge is 0.481 e. The van der Waals surface area contributed by atoms with Crippen LogP contribution in [0.4, 0.5) is 0 Å². The summed E-state index contributed by atoms with van der Waals surface area (Å²) in [6.45, 7) is 2.66. The van der Waals surface area contributed by atoms with Gasteiger partial charge in [0.25, 0.3) is 0 Å². The van der Waals surface area contributed by atoms with Gasteiger partial charge in [0.1, 0.15) is 0 Å². The highest BCUT2D eigenvalue weighted by atomic mass is 16.5. The highest BCUT2D eigenvalue weighted by molar-refractivity contribution is 5.67. The van der Waals surface area contributed by atoms with E-state index in [4.69, 9.17) is 9.84 Å². The molecule has 1 aliphatic heterocycles. The van der Waals surface area contributed by atoms with Crippen molar-refractivity contribution in [2.24, 2.45) is 7.05 Å². The number of nitrogens with zero attached hydrogens (tertiary/aromatic N) is 3. The molecule has 6 nitrogen and oxygen atoms in total. The molecule has 17 heavy (non-hydrogen) atoms. The predicted molar refractivity (Wildman–Crippen MR) is 60.5 cm³/mol. The molecule has 2 rings (SSSR count). The third-order valence-electron chi connectivity index (χ3n) is 2.90. The summed E-state index contributed by atoms with van der Waals surface area (Å²) in [6, 6.07) is -0.0403. The summed E-state index contributed by atoms with van der Waals surface area (Å²) in [4.78, 5) is 12.9. The predicted octanol–water partition coefficient (Wildman–Crippen LogP) is 0.0956. The summed E-state index contributed by atoms with van der Waals surface area (Å²) < 4.78 is 7.08. The summed E-state index contributed by atoms with van der Waals surface area (Å²) in [5.74, 6) is -0.781. The number of hydrogen-bond acceptors (Lipinski definition) is 4. The Morgan fingerprint density at radius 2 is 2.53 bits per heavy atom. The van der Waals surface area contributed by atoms with Gasteiger partial charge in [0.15, 0.2) is 0 Å². The summed E-state index contributed by atoms with van der Waals surface area (Å²) >= 11 is 0. The van der Waals surface area contributed by atoms with Gasteiger partial charge in [-0.2, -0.15) is 5.10 Å². The van der Waals surface area contributed by atoms with E-state index in [9.17, 15) is 4.79 Å². The van der Waals surface area contributed by atoms with Gasteiger partial charge in [-0.3, -0.25) is 14.4 Å². The Morgan fingerprint density at radius 3 is 3.18 bits per heavy atom. The second kappa shape index (κ2) is 5.29. The Balaban J connectivity index is 1.98. The smallest absolute Gasteiger partial charge is 0.305 e. The van der Waals surface area contributed by atoms with Gasteiger partial charge in [0.2, 0.25) is 0 Å². The lowest BCUT2D eigenvalue weighted by Gasteiger charge is -2.34. The Labute approximate surface area is 99.8 Å². The van der Waals surface area contributed by atoms with E-state index in [2.05, 4.69) is 10.00 Å². The maximum absolute atomic E-state index is 10.8. The van der Waals surface area contributed by atoms with E-state index in [1.54, 1.807) is 4.68 Å². The molecule has 2 heterocycles. The zero-order chi connectivity index (χ0) is 12.3. The van der Waals surface area contributed by atoms with Crippen molar-refractivity contribution in [2.45, 2.75) is 19.0 Å². The zero-order valence-corrected chi connectivity index (χ0v) is 9.87. The van der Waals surface area contributed by atoms with Crippen molar-refractivity contribution in [1.29, 1.82) is 0 Å². The maximum atomic E-state index is 10.8. The molecule has 94 valence electrons. The van der Waals surface area contributed by atoms with Crippen molar-refractivity contribution >= 4 is 5.97 Å². The van der Waals surface area contributed by atoms with E-state index in [0.29, 0.717) is 13.2 Å². The molecular weight excluding hydrogens is 222 g/mol. The molecule has 1 aromatic rings. The van der Waals surface area contributed by atoms with Crippen LogP contribution in [0.25, 0.3) is 0 Å². The number of rotatable bonds is 4. The standard InChI is InChI=1S/C11H17N3O3/c1-13-6-9(5-12-13)7-14-2-3-17-8-10(14)4-11(15)16/h5-6,10H,2-4,7-8H2,1H3,(H,15,16). The van der Waals surface area contributed by atoms with Crippen molar-refractivity contribution < 1.29 is 14.6 Å². The molecule has 6 heteroatoms. The molecule has 1 unspecified atom stereocenters. The average molecular weight is 239 g/mol. The van der Waals surface area contributed by atoms with Crippen LogP contribution >= 0.6 is 0 Å². The van der Waals surface area contributed by atoms with Gasteiger partial charge in [-0.25, -0.2) is 0 Å². The first kappa shape index (κ1) is 12.1. The molecule has 0 bridgehead atoms. The molecule has 0 aliphatic carbocycles. The Kier molecular flexibility index (Phi) is 3.75. The third-order valence-corrected chi connectivity index (χ3v) is 2.90. The van der Waals surface area contributed by atoms with Crippen LogP contribution in [-0.4, -0.2) is 51.6 Å². The van der Waals surface area contributed by atoms with E-state index in [-0.39, 0.29) is 12.5 Å². The molecule has 1 aromatic heterocycles. The summed E-state index contributed by atoms with van der Waals surface area (Å²) in [5, 5.41) is 13.0. The minimum absolute atomic E-state index is 0.0403. The van der Waals surface area contributed by atoms with Crippen molar-refractivity contribution in [2.75, 3.05) is 19.8 Å². The van der Waals surface area contributed by atoms with Crippen LogP contribution in [0.3, 0.4) is 0 Å². The minimum Gasteiger partial charge on any atom is -0.481 e.